The van der Waals surface area contributed by atoms with Gasteiger partial charge in [-0.1, -0.05) is 12.1 Å². The topological polar surface area (TPSA) is 69.7 Å². The SMILES string of the molecule is O=C(CCN1C(=O)c2ccccc2C1=O)NC(=S)N1CCCCC1. The van der Waals surface area contributed by atoms with Crippen LogP contribution in [0.3, 0.4) is 0 Å². The Kier molecular flexibility index (Phi) is 4.89. The number of benzene rings is 1. The smallest absolute Gasteiger partial charge is 0.261 e. The lowest BCUT2D eigenvalue weighted by atomic mass is 10.1. The van der Waals surface area contributed by atoms with E-state index < -0.39 is 0 Å². The predicted octanol–water partition coefficient (Wildman–Crippen LogP) is 1.56. The number of hydrogen-bond donors (Lipinski definition) is 1. The Hall–Kier alpha value is -2.28. The monoisotopic (exact) mass is 345 g/mol. The Balaban J connectivity index is 1.53. The molecule has 0 aromatic heterocycles. The van der Waals surface area contributed by atoms with Crippen LogP contribution >= 0.6 is 12.2 Å². The minimum atomic E-state index is -0.345. The first-order valence-corrected chi connectivity index (χ1v) is 8.53. The van der Waals surface area contributed by atoms with Crippen molar-refractivity contribution >= 4 is 35.1 Å². The summed E-state index contributed by atoms with van der Waals surface area (Å²) in [6, 6.07) is 6.69. The Bertz CT molecular complexity index is 663. The largest absolute Gasteiger partial charge is 0.349 e. The highest BCUT2D eigenvalue weighted by Gasteiger charge is 2.35. The standard InChI is InChI=1S/C17H19N3O3S/c21-14(18-17(24)19-9-4-1-5-10-19)8-11-20-15(22)12-6-2-3-7-13(12)16(20)23/h2-3,6-7H,1,4-5,8-11H2,(H,18,21,24). The maximum atomic E-state index is 12.2. The van der Waals surface area contributed by atoms with E-state index >= 15 is 0 Å². The van der Waals surface area contributed by atoms with E-state index in [0.717, 1.165) is 30.8 Å². The van der Waals surface area contributed by atoms with Crippen molar-refractivity contribution in [2.45, 2.75) is 25.7 Å². The number of hydrogen-bond acceptors (Lipinski definition) is 4. The van der Waals surface area contributed by atoms with Gasteiger partial charge in [0.25, 0.3) is 11.8 Å². The summed E-state index contributed by atoms with van der Waals surface area (Å²) in [4.78, 5) is 39.6. The summed E-state index contributed by atoms with van der Waals surface area (Å²) in [5, 5.41) is 3.13. The summed E-state index contributed by atoms with van der Waals surface area (Å²) in [5.74, 6) is -0.967. The molecule has 0 radical (unpaired) electrons. The summed E-state index contributed by atoms with van der Waals surface area (Å²) >= 11 is 5.25. The van der Waals surface area contributed by atoms with E-state index in [0.29, 0.717) is 16.2 Å². The average Bonchev–Trinajstić information content (AvgIpc) is 2.85. The molecule has 6 nitrogen and oxygen atoms in total. The molecular weight excluding hydrogens is 326 g/mol. The Morgan fingerprint density at radius 1 is 1.04 bits per heavy atom. The van der Waals surface area contributed by atoms with E-state index in [2.05, 4.69) is 5.32 Å². The van der Waals surface area contributed by atoms with Crippen LogP contribution in [0.5, 0.6) is 0 Å². The number of fused-ring (bicyclic) bond motifs is 1. The fourth-order valence-electron chi connectivity index (χ4n) is 3.01. The normalized spacial score (nSPS) is 17.0. The van der Waals surface area contributed by atoms with Crippen molar-refractivity contribution in [1.82, 2.24) is 15.1 Å². The van der Waals surface area contributed by atoms with Gasteiger partial charge in [0.05, 0.1) is 11.1 Å². The van der Waals surface area contributed by atoms with Gasteiger partial charge in [-0.05, 0) is 43.6 Å². The van der Waals surface area contributed by atoms with Gasteiger partial charge < -0.3 is 10.2 Å². The summed E-state index contributed by atoms with van der Waals surface area (Å²) in [5.41, 5.74) is 0.790. The molecule has 3 rings (SSSR count). The van der Waals surface area contributed by atoms with E-state index in [1.807, 2.05) is 4.90 Å². The minimum absolute atomic E-state index is 0.0411. The molecule has 0 saturated carbocycles. The van der Waals surface area contributed by atoms with Crippen LogP contribution in [0.2, 0.25) is 0 Å². The molecule has 0 bridgehead atoms. The van der Waals surface area contributed by atoms with E-state index in [1.165, 1.54) is 6.42 Å². The first-order chi connectivity index (χ1) is 11.6. The molecule has 0 unspecified atom stereocenters. The van der Waals surface area contributed by atoms with Gasteiger partial charge in [0.2, 0.25) is 5.91 Å². The van der Waals surface area contributed by atoms with Crippen molar-refractivity contribution in [1.29, 1.82) is 0 Å². The summed E-state index contributed by atoms with van der Waals surface area (Å²) < 4.78 is 0. The maximum Gasteiger partial charge on any atom is 0.261 e. The molecule has 126 valence electrons. The van der Waals surface area contributed by atoms with Crippen molar-refractivity contribution in [2.24, 2.45) is 0 Å². The Morgan fingerprint density at radius 3 is 2.21 bits per heavy atom. The summed E-state index contributed by atoms with van der Waals surface area (Å²) in [7, 11) is 0. The molecule has 0 aliphatic carbocycles. The maximum absolute atomic E-state index is 12.2. The molecule has 1 fully saturated rings. The van der Waals surface area contributed by atoms with Crippen molar-refractivity contribution in [3.05, 3.63) is 35.4 Å². The van der Waals surface area contributed by atoms with Crippen LogP contribution in [0.4, 0.5) is 0 Å². The number of likely N-dealkylation sites (tertiary alicyclic amines) is 1. The second-order valence-electron chi connectivity index (χ2n) is 5.96. The predicted molar refractivity (Wildman–Crippen MR) is 92.6 cm³/mol. The number of rotatable bonds is 3. The van der Waals surface area contributed by atoms with Gasteiger partial charge in [0.1, 0.15) is 0 Å². The molecule has 2 heterocycles. The van der Waals surface area contributed by atoms with Crippen LogP contribution < -0.4 is 5.32 Å². The average molecular weight is 345 g/mol. The molecule has 2 aliphatic rings. The number of piperidine rings is 1. The van der Waals surface area contributed by atoms with Gasteiger partial charge in [-0.2, -0.15) is 0 Å². The number of nitrogens with zero attached hydrogens (tertiary/aromatic N) is 2. The molecule has 2 aliphatic heterocycles. The van der Waals surface area contributed by atoms with Crippen LogP contribution in [0, 0.1) is 0 Å². The fraction of sp³-hybridized carbons (Fsp3) is 0.412. The zero-order chi connectivity index (χ0) is 17.1. The highest BCUT2D eigenvalue weighted by atomic mass is 32.1. The molecule has 1 saturated heterocycles. The Morgan fingerprint density at radius 2 is 1.62 bits per heavy atom. The second kappa shape index (κ2) is 7.09. The van der Waals surface area contributed by atoms with Gasteiger partial charge >= 0.3 is 0 Å². The van der Waals surface area contributed by atoms with Crippen molar-refractivity contribution in [3.63, 3.8) is 0 Å². The van der Waals surface area contributed by atoms with Crippen LogP contribution in [0.1, 0.15) is 46.4 Å². The molecular formula is C17H19N3O3S. The van der Waals surface area contributed by atoms with Crippen molar-refractivity contribution < 1.29 is 14.4 Å². The lowest BCUT2D eigenvalue weighted by molar-refractivity contribution is -0.119. The zero-order valence-electron chi connectivity index (χ0n) is 13.3. The van der Waals surface area contributed by atoms with E-state index in [4.69, 9.17) is 12.2 Å². The first-order valence-electron chi connectivity index (χ1n) is 8.12. The van der Waals surface area contributed by atoms with Crippen LogP contribution in [-0.4, -0.2) is 52.3 Å². The number of carbonyl (C=O) groups is 3. The van der Waals surface area contributed by atoms with Gasteiger partial charge in [0, 0.05) is 26.1 Å². The number of thiocarbonyl (C=S) groups is 1. The van der Waals surface area contributed by atoms with Gasteiger partial charge in [-0.3, -0.25) is 19.3 Å². The molecule has 0 spiro atoms. The molecule has 1 N–H and O–H groups in total. The third-order valence-corrected chi connectivity index (χ3v) is 4.69. The lowest BCUT2D eigenvalue weighted by Gasteiger charge is -2.29. The highest BCUT2D eigenvalue weighted by molar-refractivity contribution is 7.80. The fourth-order valence-corrected chi connectivity index (χ4v) is 3.31. The van der Waals surface area contributed by atoms with E-state index in [1.54, 1.807) is 24.3 Å². The lowest BCUT2D eigenvalue weighted by Crippen LogP contribution is -2.45. The molecule has 7 heteroatoms. The minimum Gasteiger partial charge on any atom is -0.349 e. The van der Waals surface area contributed by atoms with E-state index in [-0.39, 0.29) is 30.7 Å². The quantitative estimate of drug-likeness (QED) is 0.665. The molecule has 3 amide bonds. The Labute approximate surface area is 145 Å². The number of amides is 3. The summed E-state index contributed by atoms with van der Waals surface area (Å²) in [6.07, 6.45) is 3.38. The third kappa shape index (κ3) is 3.31. The zero-order valence-corrected chi connectivity index (χ0v) is 14.1. The van der Waals surface area contributed by atoms with Crippen LogP contribution in [0.15, 0.2) is 24.3 Å². The molecule has 1 aromatic rings. The van der Waals surface area contributed by atoms with Gasteiger partial charge in [0.15, 0.2) is 5.11 Å². The van der Waals surface area contributed by atoms with Gasteiger partial charge in [-0.25, -0.2) is 0 Å². The molecule has 1 aromatic carbocycles. The van der Waals surface area contributed by atoms with Crippen LogP contribution in [-0.2, 0) is 4.79 Å². The van der Waals surface area contributed by atoms with Crippen LogP contribution in [0.25, 0.3) is 0 Å². The van der Waals surface area contributed by atoms with Crippen molar-refractivity contribution in [3.8, 4) is 0 Å². The van der Waals surface area contributed by atoms with Gasteiger partial charge in [-0.15, -0.1) is 0 Å². The number of carbonyl (C=O) groups excluding carboxylic acids is 3. The van der Waals surface area contributed by atoms with E-state index in [9.17, 15) is 14.4 Å². The highest BCUT2D eigenvalue weighted by Crippen LogP contribution is 2.22. The molecule has 24 heavy (non-hydrogen) atoms. The second-order valence-corrected chi connectivity index (χ2v) is 6.35. The van der Waals surface area contributed by atoms with Crippen molar-refractivity contribution in [2.75, 3.05) is 19.6 Å². The number of imide groups is 1. The molecule has 0 atom stereocenters. The summed E-state index contributed by atoms with van der Waals surface area (Å²) in [6.45, 7) is 1.77. The number of nitrogens with one attached hydrogen (secondary N) is 1. The third-order valence-electron chi connectivity index (χ3n) is 4.33. The first kappa shape index (κ1) is 16.6.